The Hall–Kier alpha value is -2.86. The molecule has 0 aliphatic carbocycles. The van der Waals surface area contributed by atoms with Crippen LogP contribution in [0.1, 0.15) is 81.4 Å². The van der Waals surface area contributed by atoms with Crippen LogP contribution >= 0.6 is 34.8 Å². The van der Waals surface area contributed by atoms with E-state index in [0.29, 0.717) is 10.7 Å². The first kappa shape index (κ1) is 32.7. The predicted octanol–water partition coefficient (Wildman–Crippen LogP) is 8.98. The number of carbonyl (C=O) groups is 3. The van der Waals surface area contributed by atoms with Crippen molar-refractivity contribution < 1.29 is 14.4 Å². The molecule has 3 rings (SSSR count). The smallest absolute Gasteiger partial charge is 0.250 e. The van der Waals surface area contributed by atoms with Crippen molar-refractivity contribution >= 4 is 63.8 Å². The van der Waals surface area contributed by atoms with Gasteiger partial charge in [-0.2, -0.15) is 0 Å². The predicted molar refractivity (Wildman–Crippen MR) is 171 cm³/mol. The Morgan fingerprint density at radius 2 is 1.51 bits per heavy atom. The minimum absolute atomic E-state index is 0.0317. The normalized spacial score (nSPS) is 12.5. The van der Waals surface area contributed by atoms with E-state index in [4.69, 9.17) is 34.8 Å². The number of carbonyl (C=O) groups excluding carboxylic acids is 3. The third-order valence-electron chi connectivity index (χ3n) is 7.82. The molecular formula is C33H37Cl3N2O3. The number of nitrogens with one attached hydrogen (secondary N) is 2. The Kier molecular flexibility index (Phi) is 10.7. The molecule has 0 radical (unpaired) electrons. The van der Waals surface area contributed by atoms with E-state index in [1.165, 1.54) is 23.8 Å². The van der Waals surface area contributed by atoms with Crippen LogP contribution in [-0.2, 0) is 26.8 Å². The molecule has 2 amide bonds. The van der Waals surface area contributed by atoms with Crippen molar-refractivity contribution in [2.45, 2.75) is 77.0 Å². The lowest BCUT2D eigenvalue weighted by Crippen LogP contribution is -2.30. The number of amides is 2. The number of ketones is 1. The fourth-order valence-corrected chi connectivity index (χ4v) is 4.88. The maximum atomic E-state index is 13.2. The van der Waals surface area contributed by atoms with Crippen molar-refractivity contribution in [1.82, 2.24) is 0 Å². The van der Waals surface area contributed by atoms with Crippen LogP contribution in [0.15, 0.2) is 60.7 Å². The standard InChI is InChI=1S/C33H37Cl3N2O3/c1-7-32(3,4)22-13-12-20(25(18-22)33(5,6)8-2)17-28(39)37-24-11-9-10-21(16-24)30(40)29(36)31(41)38-27-19-23(34)14-15-26(27)35/h9-16,18-19,29H,7-8,17H2,1-6H3,(H,37,39)(H,38,41)/t29-/m1/s1. The van der Waals surface area contributed by atoms with Gasteiger partial charge in [0.2, 0.25) is 11.8 Å². The minimum Gasteiger partial charge on any atom is -0.326 e. The van der Waals surface area contributed by atoms with Crippen LogP contribution in [-0.4, -0.2) is 23.0 Å². The number of benzene rings is 3. The highest BCUT2D eigenvalue weighted by molar-refractivity contribution is 6.46. The number of anilines is 2. The fraction of sp³-hybridized carbons (Fsp3) is 0.364. The largest absolute Gasteiger partial charge is 0.326 e. The average molecular weight is 616 g/mol. The van der Waals surface area contributed by atoms with Crippen LogP contribution in [0, 0.1) is 0 Å². The highest BCUT2D eigenvalue weighted by Gasteiger charge is 2.28. The van der Waals surface area contributed by atoms with Gasteiger partial charge < -0.3 is 10.6 Å². The van der Waals surface area contributed by atoms with E-state index in [1.54, 1.807) is 24.3 Å². The first-order valence-corrected chi connectivity index (χ1v) is 14.9. The first-order chi connectivity index (χ1) is 19.2. The molecule has 218 valence electrons. The Morgan fingerprint density at radius 1 is 0.829 bits per heavy atom. The Balaban J connectivity index is 1.76. The van der Waals surface area contributed by atoms with E-state index in [9.17, 15) is 14.4 Å². The summed E-state index contributed by atoms with van der Waals surface area (Å²) in [5.74, 6) is -1.56. The first-order valence-electron chi connectivity index (χ1n) is 13.7. The second kappa shape index (κ2) is 13.4. The van der Waals surface area contributed by atoms with Crippen LogP contribution in [0.25, 0.3) is 0 Å². The summed E-state index contributed by atoms with van der Waals surface area (Å²) in [6.45, 7) is 13.2. The molecule has 0 heterocycles. The second-order valence-corrected chi connectivity index (χ2v) is 12.8. The molecule has 0 aromatic heterocycles. The highest BCUT2D eigenvalue weighted by Crippen LogP contribution is 2.35. The van der Waals surface area contributed by atoms with Crippen LogP contribution in [0.4, 0.5) is 11.4 Å². The summed E-state index contributed by atoms with van der Waals surface area (Å²) in [6.07, 6.45) is 2.12. The van der Waals surface area contributed by atoms with Gasteiger partial charge in [-0.1, -0.05) is 95.1 Å². The third-order valence-corrected chi connectivity index (χ3v) is 8.78. The molecule has 41 heavy (non-hydrogen) atoms. The molecule has 0 aliphatic rings. The number of hydrogen-bond donors (Lipinski definition) is 2. The molecule has 1 atom stereocenters. The molecule has 0 spiro atoms. The van der Waals surface area contributed by atoms with Crippen LogP contribution in [0.2, 0.25) is 10.0 Å². The van der Waals surface area contributed by atoms with Gasteiger partial charge in [0.1, 0.15) is 0 Å². The molecule has 5 nitrogen and oxygen atoms in total. The molecule has 0 saturated carbocycles. The number of hydrogen-bond acceptors (Lipinski definition) is 3. The SMILES string of the molecule is CCC(C)(C)c1ccc(CC(=O)Nc2cccc(C(=O)[C@@H](Cl)C(=O)Nc3cc(Cl)ccc3Cl)c2)c(C(C)(C)CC)c1. The third kappa shape index (κ3) is 8.12. The lowest BCUT2D eigenvalue weighted by atomic mass is 9.74. The number of halogens is 3. The molecule has 0 unspecified atom stereocenters. The second-order valence-electron chi connectivity index (χ2n) is 11.5. The van der Waals surface area contributed by atoms with E-state index in [-0.39, 0.29) is 39.4 Å². The van der Waals surface area contributed by atoms with Crippen molar-refractivity contribution in [3.63, 3.8) is 0 Å². The van der Waals surface area contributed by atoms with Crippen LogP contribution < -0.4 is 10.6 Å². The Bertz CT molecular complexity index is 1450. The molecule has 2 N–H and O–H groups in total. The summed E-state index contributed by atoms with van der Waals surface area (Å²) in [5.41, 5.74) is 4.18. The molecule has 3 aromatic rings. The van der Waals surface area contributed by atoms with Crippen molar-refractivity contribution in [1.29, 1.82) is 0 Å². The number of rotatable bonds is 11. The average Bonchev–Trinajstić information content (AvgIpc) is 2.94. The summed E-state index contributed by atoms with van der Waals surface area (Å²) in [4.78, 5) is 38.8. The summed E-state index contributed by atoms with van der Waals surface area (Å²) in [7, 11) is 0. The maximum Gasteiger partial charge on any atom is 0.250 e. The summed E-state index contributed by atoms with van der Waals surface area (Å²) >= 11 is 18.3. The zero-order valence-electron chi connectivity index (χ0n) is 24.3. The molecule has 0 fully saturated rings. The summed E-state index contributed by atoms with van der Waals surface area (Å²) in [6, 6.07) is 17.4. The van der Waals surface area contributed by atoms with Gasteiger partial charge in [-0.15, -0.1) is 11.6 Å². The van der Waals surface area contributed by atoms with E-state index in [0.717, 1.165) is 24.0 Å². The van der Waals surface area contributed by atoms with Gasteiger partial charge >= 0.3 is 0 Å². The Morgan fingerprint density at radius 3 is 2.17 bits per heavy atom. The van der Waals surface area contributed by atoms with Crippen molar-refractivity contribution in [2.75, 3.05) is 10.6 Å². The quantitative estimate of drug-likeness (QED) is 0.128. The van der Waals surface area contributed by atoms with Gasteiger partial charge in [0.05, 0.1) is 17.1 Å². The minimum atomic E-state index is -1.51. The van der Waals surface area contributed by atoms with E-state index < -0.39 is 17.1 Å². The zero-order valence-corrected chi connectivity index (χ0v) is 26.6. The molecule has 0 aliphatic heterocycles. The van der Waals surface area contributed by atoms with E-state index in [2.05, 4.69) is 70.4 Å². The van der Waals surface area contributed by atoms with E-state index in [1.807, 2.05) is 0 Å². The molecule has 8 heteroatoms. The topological polar surface area (TPSA) is 75.3 Å². The van der Waals surface area contributed by atoms with Crippen LogP contribution in [0.3, 0.4) is 0 Å². The number of Topliss-reactive ketones (excluding diaryl/α,β-unsaturated/α-hetero) is 1. The maximum absolute atomic E-state index is 13.2. The van der Waals surface area contributed by atoms with Gasteiger partial charge in [0.15, 0.2) is 11.2 Å². The van der Waals surface area contributed by atoms with Crippen molar-refractivity contribution in [2.24, 2.45) is 0 Å². The van der Waals surface area contributed by atoms with Crippen molar-refractivity contribution in [3.8, 4) is 0 Å². The molecular weight excluding hydrogens is 579 g/mol. The van der Waals surface area contributed by atoms with E-state index >= 15 is 0 Å². The van der Waals surface area contributed by atoms with Gasteiger partial charge in [-0.05, 0) is 70.7 Å². The summed E-state index contributed by atoms with van der Waals surface area (Å²) < 4.78 is 0. The fourth-order valence-electron chi connectivity index (χ4n) is 4.36. The molecule has 0 saturated heterocycles. The highest BCUT2D eigenvalue weighted by atomic mass is 35.5. The van der Waals surface area contributed by atoms with Crippen molar-refractivity contribution in [3.05, 3.63) is 93.0 Å². The molecule has 0 bridgehead atoms. The lowest BCUT2D eigenvalue weighted by Gasteiger charge is -2.30. The van der Waals surface area contributed by atoms with Gasteiger partial charge in [-0.3, -0.25) is 14.4 Å². The zero-order chi connectivity index (χ0) is 30.5. The monoisotopic (exact) mass is 614 g/mol. The Labute approximate surface area is 258 Å². The van der Waals surface area contributed by atoms with Crippen LogP contribution in [0.5, 0.6) is 0 Å². The molecule has 3 aromatic carbocycles. The van der Waals surface area contributed by atoms with Gasteiger partial charge in [0, 0.05) is 16.3 Å². The summed E-state index contributed by atoms with van der Waals surface area (Å²) in [5, 5.41) is 4.55. The number of alkyl halides is 1. The lowest BCUT2D eigenvalue weighted by molar-refractivity contribution is -0.116. The van der Waals surface area contributed by atoms with Gasteiger partial charge in [-0.25, -0.2) is 0 Å². The van der Waals surface area contributed by atoms with Gasteiger partial charge in [0.25, 0.3) is 0 Å².